The molecule has 0 fully saturated rings. The van der Waals surface area contributed by atoms with Crippen molar-refractivity contribution in [2.75, 3.05) is 27.9 Å². The van der Waals surface area contributed by atoms with Gasteiger partial charge in [-0.1, -0.05) is 0 Å². The molecule has 0 saturated carbocycles. The lowest BCUT2D eigenvalue weighted by Gasteiger charge is -2.23. The summed E-state index contributed by atoms with van der Waals surface area (Å²) in [5, 5.41) is 9.30. The molecular formula is C13H13NO5. The first-order valence-corrected chi connectivity index (χ1v) is 5.61. The van der Waals surface area contributed by atoms with Crippen molar-refractivity contribution >= 4 is 5.97 Å². The molecule has 0 amide bonds. The van der Waals surface area contributed by atoms with Crippen LogP contribution in [0.15, 0.2) is 0 Å². The number of nitrogens with zero attached hydrogens (tertiary/aromatic N) is 1. The third kappa shape index (κ3) is 1.83. The Bertz CT molecular complexity index is 574. The second-order valence-electron chi connectivity index (χ2n) is 3.83. The lowest BCUT2D eigenvalue weighted by atomic mass is 9.94. The molecule has 0 N–H and O–H groups in total. The van der Waals surface area contributed by atoms with E-state index in [4.69, 9.17) is 18.9 Å². The number of esters is 1. The van der Waals surface area contributed by atoms with Crippen molar-refractivity contribution in [2.24, 2.45) is 0 Å². The van der Waals surface area contributed by atoms with E-state index in [0.29, 0.717) is 12.0 Å². The second-order valence-corrected chi connectivity index (χ2v) is 3.83. The fourth-order valence-electron chi connectivity index (χ4n) is 2.21. The molecule has 1 aromatic rings. The SMILES string of the molecule is COc1c(C#N)c2c(c(OC)c1OC)C(=O)OCC2. The zero-order valence-corrected chi connectivity index (χ0v) is 10.9. The summed E-state index contributed by atoms with van der Waals surface area (Å²) >= 11 is 0. The normalized spacial score (nSPS) is 13.1. The molecule has 1 aromatic carbocycles. The lowest BCUT2D eigenvalue weighted by molar-refractivity contribution is 0.0474. The molecule has 1 aliphatic rings. The maximum absolute atomic E-state index is 11.9. The van der Waals surface area contributed by atoms with E-state index in [2.05, 4.69) is 6.07 Å². The predicted molar refractivity (Wildman–Crippen MR) is 64.8 cm³/mol. The zero-order valence-electron chi connectivity index (χ0n) is 10.9. The summed E-state index contributed by atoms with van der Waals surface area (Å²) in [6.45, 7) is 0.235. The minimum Gasteiger partial charge on any atom is -0.492 e. The van der Waals surface area contributed by atoms with Gasteiger partial charge in [-0.25, -0.2) is 4.79 Å². The molecule has 100 valence electrons. The van der Waals surface area contributed by atoms with Crippen LogP contribution in [0.5, 0.6) is 17.2 Å². The molecule has 0 spiro atoms. The Morgan fingerprint density at radius 3 is 2.26 bits per heavy atom. The molecule has 0 aliphatic carbocycles. The molecular weight excluding hydrogens is 250 g/mol. The first kappa shape index (κ1) is 13.0. The van der Waals surface area contributed by atoms with E-state index in [9.17, 15) is 10.1 Å². The Morgan fingerprint density at radius 2 is 1.74 bits per heavy atom. The van der Waals surface area contributed by atoms with Gasteiger partial charge in [-0.3, -0.25) is 0 Å². The Balaban J connectivity index is 2.88. The fourth-order valence-corrected chi connectivity index (χ4v) is 2.21. The quantitative estimate of drug-likeness (QED) is 0.765. The highest BCUT2D eigenvalue weighted by molar-refractivity contribution is 5.98. The Labute approximate surface area is 110 Å². The average molecular weight is 263 g/mol. The van der Waals surface area contributed by atoms with Gasteiger partial charge in [-0.2, -0.15) is 5.26 Å². The van der Waals surface area contributed by atoms with Crippen LogP contribution in [-0.4, -0.2) is 33.9 Å². The monoisotopic (exact) mass is 263 g/mol. The molecule has 0 aromatic heterocycles. The number of rotatable bonds is 3. The van der Waals surface area contributed by atoms with Crippen molar-refractivity contribution in [1.29, 1.82) is 5.26 Å². The van der Waals surface area contributed by atoms with Crippen LogP contribution in [0.4, 0.5) is 0 Å². The molecule has 2 rings (SSSR count). The molecule has 6 heteroatoms. The molecule has 1 heterocycles. The number of carbonyl (C=O) groups is 1. The number of methoxy groups -OCH3 is 3. The summed E-state index contributed by atoms with van der Waals surface area (Å²) in [6.07, 6.45) is 0.445. The molecule has 6 nitrogen and oxygen atoms in total. The van der Waals surface area contributed by atoms with Gasteiger partial charge in [-0.15, -0.1) is 0 Å². The molecule has 0 unspecified atom stereocenters. The highest BCUT2D eigenvalue weighted by Gasteiger charge is 2.33. The van der Waals surface area contributed by atoms with E-state index in [1.54, 1.807) is 0 Å². The average Bonchev–Trinajstić information content (AvgIpc) is 2.44. The van der Waals surface area contributed by atoms with Crippen molar-refractivity contribution in [1.82, 2.24) is 0 Å². The predicted octanol–water partition coefficient (Wildman–Crippen LogP) is 1.30. The lowest BCUT2D eigenvalue weighted by Crippen LogP contribution is -2.21. The van der Waals surface area contributed by atoms with Gasteiger partial charge in [0.1, 0.15) is 17.2 Å². The highest BCUT2D eigenvalue weighted by Crippen LogP contribution is 2.46. The molecule has 0 radical (unpaired) electrons. The van der Waals surface area contributed by atoms with Crippen LogP contribution in [0, 0.1) is 11.3 Å². The van der Waals surface area contributed by atoms with E-state index in [-0.39, 0.29) is 35.0 Å². The number of fused-ring (bicyclic) bond motifs is 1. The molecule has 0 bridgehead atoms. The first-order valence-electron chi connectivity index (χ1n) is 5.61. The van der Waals surface area contributed by atoms with E-state index >= 15 is 0 Å². The van der Waals surface area contributed by atoms with Crippen LogP contribution in [-0.2, 0) is 11.2 Å². The Kier molecular flexibility index (Phi) is 3.47. The van der Waals surface area contributed by atoms with Gasteiger partial charge in [0.2, 0.25) is 5.75 Å². The van der Waals surface area contributed by atoms with Gasteiger partial charge < -0.3 is 18.9 Å². The Morgan fingerprint density at radius 1 is 1.11 bits per heavy atom. The van der Waals surface area contributed by atoms with Gasteiger partial charge in [-0.05, 0) is 5.56 Å². The minimum absolute atomic E-state index is 0.221. The van der Waals surface area contributed by atoms with Crippen LogP contribution in [0.1, 0.15) is 21.5 Å². The van der Waals surface area contributed by atoms with Crippen molar-refractivity contribution in [3.63, 3.8) is 0 Å². The molecule has 0 atom stereocenters. The van der Waals surface area contributed by atoms with Gasteiger partial charge in [0.05, 0.1) is 27.9 Å². The zero-order chi connectivity index (χ0) is 14.0. The highest BCUT2D eigenvalue weighted by atomic mass is 16.5. The standard InChI is InChI=1S/C13H13NO5/c1-16-10-8(6-14)7-4-5-19-13(15)9(7)11(17-2)12(10)18-3/h4-5H2,1-3H3. The van der Waals surface area contributed by atoms with Gasteiger partial charge in [0.15, 0.2) is 11.5 Å². The first-order chi connectivity index (χ1) is 9.19. The van der Waals surface area contributed by atoms with Crippen LogP contribution in [0.2, 0.25) is 0 Å². The van der Waals surface area contributed by atoms with Gasteiger partial charge in [0.25, 0.3) is 0 Å². The summed E-state index contributed by atoms with van der Waals surface area (Å²) in [5.74, 6) is 0.211. The summed E-state index contributed by atoms with van der Waals surface area (Å²) in [4.78, 5) is 11.9. The van der Waals surface area contributed by atoms with Crippen molar-refractivity contribution in [2.45, 2.75) is 6.42 Å². The molecule has 1 aliphatic heterocycles. The van der Waals surface area contributed by atoms with E-state index in [0.717, 1.165) is 0 Å². The fraction of sp³-hybridized carbons (Fsp3) is 0.385. The maximum atomic E-state index is 11.9. The van der Waals surface area contributed by atoms with E-state index in [1.807, 2.05) is 0 Å². The van der Waals surface area contributed by atoms with E-state index in [1.165, 1.54) is 21.3 Å². The summed E-state index contributed by atoms with van der Waals surface area (Å²) < 4.78 is 20.7. The number of benzene rings is 1. The third-order valence-corrected chi connectivity index (χ3v) is 2.98. The summed E-state index contributed by atoms with van der Waals surface area (Å²) in [7, 11) is 4.28. The number of hydrogen-bond donors (Lipinski definition) is 0. The van der Waals surface area contributed by atoms with Crippen LogP contribution >= 0.6 is 0 Å². The number of hydrogen-bond acceptors (Lipinski definition) is 6. The van der Waals surface area contributed by atoms with Crippen molar-refractivity contribution in [3.05, 3.63) is 16.7 Å². The second kappa shape index (κ2) is 5.06. The minimum atomic E-state index is -0.518. The molecule has 0 saturated heterocycles. The summed E-state index contributed by atoms with van der Waals surface area (Å²) in [6, 6.07) is 2.05. The van der Waals surface area contributed by atoms with Crippen molar-refractivity contribution < 1.29 is 23.7 Å². The topological polar surface area (TPSA) is 77.8 Å². The number of cyclic esters (lactones) is 1. The van der Waals surface area contributed by atoms with Crippen LogP contribution in [0.3, 0.4) is 0 Å². The summed E-state index contributed by atoms with van der Waals surface area (Å²) in [5.41, 5.74) is 1.10. The largest absolute Gasteiger partial charge is 0.492 e. The molecule has 19 heavy (non-hydrogen) atoms. The third-order valence-electron chi connectivity index (χ3n) is 2.98. The van der Waals surface area contributed by atoms with Crippen LogP contribution in [0.25, 0.3) is 0 Å². The van der Waals surface area contributed by atoms with Crippen molar-refractivity contribution in [3.8, 4) is 23.3 Å². The van der Waals surface area contributed by atoms with E-state index < -0.39 is 5.97 Å². The van der Waals surface area contributed by atoms with Gasteiger partial charge >= 0.3 is 5.97 Å². The smallest absolute Gasteiger partial charge is 0.342 e. The number of carbonyl (C=O) groups excluding carboxylic acids is 1. The number of ether oxygens (including phenoxy) is 4. The van der Waals surface area contributed by atoms with Crippen LogP contribution < -0.4 is 14.2 Å². The van der Waals surface area contributed by atoms with Gasteiger partial charge in [0, 0.05) is 6.42 Å². The Hall–Kier alpha value is -2.42. The number of nitriles is 1. The maximum Gasteiger partial charge on any atom is 0.342 e.